The number of benzene rings is 1. The van der Waals surface area contributed by atoms with E-state index in [2.05, 4.69) is 5.32 Å². The zero-order valence-electron chi connectivity index (χ0n) is 9.66. The molecule has 3 heteroatoms. The summed E-state index contributed by atoms with van der Waals surface area (Å²) in [6.45, 7) is 3.95. The molecule has 1 amide bonds. The van der Waals surface area contributed by atoms with E-state index >= 15 is 0 Å². The van der Waals surface area contributed by atoms with Crippen molar-refractivity contribution in [3.05, 3.63) is 29.3 Å². The largest absolute Gasteiger partial charge is 0.388 e. The van der Waals surface area contributed by atoms with E-state index in [1.807, 2.05) is 32.0 Å². The number of carbonyl (C=O) groups excluding carboxylic acids is 1. The van der Waals surface area contributed by atoms with Crippen LogP contribution in [0.15, 0.2) is 18.2 Å². The van der Waals surface area contributed by atoms with Gasteiger partial charge in [-0.3, -0.25) is 4.79 Å². The number of fused-ring (bicyclic) bond motifs is 1. The van der Waals surface area contributed by atoms with E-state index < -0.39 is 6.10 Å². The van der Waals surface area contributed by atoms with Gasteiger partial charge in [-0.05, 0) is 30.0 Å². The maximum absolute atomic E-state index is 11.6. The average Bonchev–Trinajstić information content (AvgIpc) is 2.62. The molecular formula is C13H17NO2. The van der Waals surface area contributed by atoms with E-state index in [4.69, 9.17) is 0 Å². The summed E-state index contributed by atoms with van der Waals surface area (Å²) in [5, 5.41) is 12.6. The van der Waals surface area contributed by atoms with Crippen molar-refractivity contribution < 1.29 is 9.90 Å². The second-order valence-electron chi connectivity index (χ2n) is 4.22. The third-order valence-electron chi connectivity index (χ3n) is 3.21. The van der Waals surface area contributed by atoms with Gasteiger partial charge in [0.2, 0.25) is 5.91 Å². The van der Waals surface area contributed by atoms with Gasteiger partial charge in [0.1, 0.15) is 0 Å². The van der Waals surface area contributed by atoms with Gasteiger partial charge >= 0.3 is 0 Å². The number of nitrogens with one attached hydrogen (secondary N) is 1. The lowest BCUT2D eigenvalue weighted by atomic mass is 9.94. The Hall–Kier alpha value is -1.35. The van der Waals surface area contributed by atoms with Crippen LogP contribution in [0, 0.1) is 0 Å². The van der Waals surface area contributed by atoms with Gasteiger partial charge in [-0.2, -0.15) is 0 Å². The number of rotatable bonds is 3. The van der Waals surface area contributed by atoms with Gasteiger partial charge in [-0.1, -0.05) is 26.0 Å². The van der Waals surface area contributed by atoms with Crippen molar-refractivity contribution in [3.8, 4) is 0 Å². The molecule has 2 N–H and O–H groups in total. The molecule has 0 aromatic heterocycles. The first-order valence-electron chi connectivity index (χ1n) is 5.80. The minimum Gasteiger partial charge on any atom is -0.388 e. The second kappa shape index (κ2) is 4.26. The van der Waals surface area contributed by atoms with Crippen molar-refractivity contribution in [1.82, 2.24) is 0 Å². The lowest BCUT2D eigenvalue weighted by Crippen LogP contribution is -2.10. The minimum absolute atomic E-state index is 0.0565. The van der Waals surface area contributed by atoms with Crippen LogP contribution in [0.2, 0.25) is 0 Å². The maximum Gasteiger partial charge on any atom is 0.231 e. The van der Waals surface area contributed by atoms with E-state index in [9.17, 15) is 9.90 Å². The van der Waals surface area contributed by atoms with Crippen LogP contribution in [0.25, 0.3) is 0 Å². The van der Waals surface area contributed by atoms with Crippen molar-refractivity contribution in [1.29, 1.82) is 0 Å². The smallest absolute Gasteiger partial charge is 0.231 e. The topological polar surface area (TPSA) is 49.3 Å². The lowest BCUT2D eigenvalue weighted by Gasteiger charge is -2.11. The van der Waals surface area contributed by atoms with Crippen molar-refractivity contribution in [2.24, 2.45) is 0 Å². The molecule has 0 bridgehead atoms. The van der Waals surface area contributed by atoms with Crippen molar-refractivity contribution >= 4 is 11.6 Å². The molecule has 86 valence electrons. The monoisotopic (exact) mass is 219 g/mol. The van der Waals surface area contributed by atoms with Gasteiger partial charge in [0.05, 0.1) is 12.0 Å². The number of aliphatic hydroxyl groups is 1. The molecule has 0 fully saturated rings. The first-order valence-corrected chi connectivity index (χ1v) is 5.80. The third-order valence-corrected chi connectivity index (χ3v) is 3.21. The highest BCUT2D eigenvalue weighted by molar-refractivity contribution is 6.02. The predicted octanol–water partition coefficient (Wildman–Crippen LogP) is 2.58. The molecule has 0 aliphatic carbocycles. The molecule has 1 aromatic rings. The molecule has 0 spiro atoms. The molecule has 2 rings (SSSR count). The molecule has 0 radical (unpaired) electrons. The highest BCUT2D eigenvalue weighted by atomic mass is 16.3. The van der Waals surface area contributed by atoms with Crippen molar-refractivity contribution in [3.63, 3.8) is 0 Å². The summed E-state index contributed by atoms with van der Waals surface area (Å²) in [6.07, 6.45) is 1.06. The van der Waals surface area contributed by atoms with Gasteiger partial charge < -0.3 is 10.4 Å². The molecule has 1 aliphatic rings. The molecule has 1 aromatic carbocycles. The second-order valence-corrected chi connectivity index (χ2v) is 4.22. The zero-order chi connectivity index (χ0) is 11.7. The Balaban J connectivity index is 2.39. The van der Waals surface area contributed by atoms with Gasteiger partial charge in [-0.25, -0.2) is 0 Å². The summed E-state index contributed by atoms with van der Waals surface area (Å²) in [6, 6.07) is 5.72. The van der Waals surface area contributed by atoms with Crippen LogP contribution >= 0.6 is 0 Å². The molecule has 1 aliphatic heterocycles. The maximum atomic E-state index is 11.6. The van der Waals surface area contributed by atoms with Gasteiger partial charge in [-0.15, -0.1) is 0 Å². The standard InChI is InChI=1S/C13H17NO2/c1-3-9-10-7-8(12(15)4-2)5-6-11(10)14-13(9)16/h5-7,9,12,15H,3-4H2,1-2H3,(H,14,16). The van der Waals surface area contributed by atoms with Crippen LogP contribution in [0.5, 0.6) is 0 Å². The van der Waals surface area contributed by atoms with E-state index in [-0.39, 0.29) is 11.8 Å². The Labute approximate surface area is 95.5 Å². The summed E-state index contributed by atoms with van der Waals surface area (Å²) >= 11 is 0. The summed E-state index contributed by atoms with van der Waals surface area (Å²) in [5.41, 5.74) is 2.82. The van der Waals surface area contributed by atoms with E-state index in [1.54, 1.807) is 0 Å². The zero-order valence-corrected chi connectivity index (χ0v) is 9.66. The number of hydrogen-bond donors (Lipinski definition) is 2. The van der Waals surface area contributed by atoms with Crippen LogP contribution < -0.4 is 5.32 Å². The van der Waals surface area contributed by atoms with Crippen LogP contribution in [0.4, 0.5) is 5.69 Å². The first-order chi connectivity index (χ1) is 7.67. The number of anilines is 1. The molecule has 16 heavy (non-hydrogen) atoms. The Morgan fingerprint density at radius 3 is 2.81 bits per heavy atom. The SMILES string of the molecule is CCC(O)c1ccc2c(c1)C(CC)C(=O)N2. The third kappa shape index (κ3) is 1.71. The number of aliphatic hydroxyl groups excluding tert-OH is 1. The van der Waals surface area contributed by atoms with Gasteiger partial charge in [0.25, 0.3) is 0 Å². The van der Waals surface area contributed by atoms with Gasteiger partial charge in [0, 0.05) is 5.69 Å². The van der Waals surface area contributed by atoms with Crippen LogP contribution in [0.3, 0.4) is 0 Å². The molecule has 0 saturated carbocycles. The lowest BCUT2D eigenvalue weighted by molar-refractivity contribution is -0.117. The molecule has 2 unspecified atom stereocenters. The fourth-order valence-corrected chi connectivity index (χ4v) is 2.19. The minimum atomic E-state index is -0.432. The Kier molecular flexibility index (Phi) is 2.97. The number of hydrogen-bond acceptors (Lipinski definition) is 2. The molecule has 2 atom stereocenters. The van der Waals surface area contributed by atoms with Crippen molar-refractivity contribution in [2.75, 3.05) is 5.32 Å². The highest BCUT2D eigenvalue weighted by Crippen LogP contribution is 2.36. The first kappa shape index (κ1) is 11.1. The van der Waals surface area contributed by atoms with E-state index in [0.717, 1.165) is 23.2 Å². The summed E-state index contributed by atoms with van der Waals surface area (Å²) in [5.74, 6) is 0.0136. The van der Waals surface area contributed by atoms with Crippen LogP contribution in [0.1, 0.15) is 49.8 Å². The summed E-state index contributed by atoms with van der Waals surface area (Å²) in [4.78, 5) is 11.6. The summed E-state index contributed by atoms with van der Waals surface area (Å²) < 4.78 is 0. The summed E-state index contributed by atoms with van der Waals surface area (Å²) in [7, 11) is 0. The highest BCUT2D eigenvalue weighted by Gasteiger charge is 2.29. The normalized spacial score (nSPS) is 20.4. The van der Waals surface area contributed by atoms with E-state index in [1.165, 1.54) is 0 Å². The Morgan fingerprint density at radius 2 is 2.19 bits per heavy atom. The average molecular weight is 219 g/mol. The quantitative estimate of drug-likeness (QED) is 0.820. The van der Waals surface area contributed by atoms with E-state index in [0.29, 0.717) is 6.42 Å². The predicted molar refractivity (Wildman–Crippen MR) is 63.4 cm³/mol. The number of amides is 1. The fourth-order valence-electron chi connectivity index (χ4n) is 2.19. The Morgan fingerprint density at radius 1 is 1.44 bits per heavy atom. The molecule has 3 nitrogen and oxygen atoms in total. The Bertz CT molecular complexity index is 414. The van der Waals surface area contributed by atoms with Crippen LogP contribution in [-0.2, 0) is 4.79 Å². The molecule has 1 heterocycles. The molecular weight excluding hydrogens is 202 g/mol. The van der Waals surface area contributed by atoms with Gasteiger partial charge in [0.15, 0.2) is 0 Å². The number of carbonyl (C=O) groups is 1. The fraction of sp³-hybridized carbons (Fsp3) is 0.462. The van der Waals surface area contributed by atoms with Crippen LogP contribution in [-0.4, -0.2) is 11.0 Å². The molecule has 0 saturated heterocycles. The van der Waals surface area contributed by atoms with Crippen molar-refractivity contribution in [2.45, 2.75) is 38.7 Å².